The second-order valence-corrected chi connectivity index (χ2v) is 6.94. The first-order chi connectivity index (χ1) is 13.9. The van der Waals surface area contributed by atoms with Crippen LogP contribution in [0.15, 0.2) is 41.0 Å². The van der Waals surface area contributed by atoms with E-state index in [4.69, 9.17) is 25.7 Å². The van der Waals surface area contributed by atoms with Gasteiger partial charge in [-0.2, -0.15) is 0 Å². The van der Waals surface area contributed by atoms with Crippen LogP contribution in [0.3, 0.4) is 0 Å². The predicted molar refractivity (Wildman–Crippen MR) is 111 cm³/mol. The van der Waals surface area contributed by atoms with Gasteiger partial charge in [0.1, 0.15) is 11.5 Å². The first kappa shape index (κ1) is 20.7. The highest BCUT2D eigenvalue weighted by molar-refractivity contribution is 6.31. The molecule has 1 heterocycles. The second kappa shape index (κ2) is 8.96. The van der Waals surface area contributed by atoms with Gasteiger partial charge in [0, 0.05) is 10.6 Å². The molecule has 0 aliphatic rings. The fraction of sp³-hybridized carbons (Fsp3) is 0.286. The van der Waals surface area contributed by atoms with Crippen LogP contribution in [0, 0.1) is 13.8 Å². The molecule has 0 radical (unpaired) electrons. The number of aryl methyl sites for hydroxylation is 2. The zero-order chi connectivity index (χ0) is 21.0. The third-order valence-electron chi connectivity index (χ3n) is 4.29. The summed E-state index contributed by atoms with van der Waals surface area (Å²) in [5, 5.41) is 11.1. The number of hydrogen-bond acceptors (Lipinski definition) is 6. The molecule has 29 heavy (non-hydrogen) atoms. The van der Waals surface area contributed by atoms with Crippen molar-refractivity contribution >= 4 is 23.3 Å². The molecule has 0 bridgehead atoms. The van der Waals surface area contributed by atoms with E-state index in [-0.39, 0.29) is 11.7 Å². The van der Waals surface area contributed by atoms with Gasteiger partial charge in [0.2, 0.25) is 5.82 Å². The molecule has 2 aromatic carbocycles. The molecule has 8 heteroatoms. The molecule has 0 spiro atoms. The number of nitrogens with one attached hydrogen (secondary N) is 1. The lowest BCUT2D eigenvalue weighted by Gasteiger charge is -2.14. The van der Waals surface area contributed by atoms with E-state index in [0.717, 1.165) is 22.4 Å². The number of rotatable bonds is 7. The van der Waals surface area contributed by atoms with Crippen molar-refractivity contribution in [2.45, 2.75) is 33.8 Å². The van der Waals surface area contributed by atoms with E-state index in [9.17, 15) is 4.79 Å². The van der Waals surface area contributed by atoms with Gasteiger partial charge in [-0.25, -0.2) is 4.63 Å². The third-order valence-corrected chi connectivity index (χ3v) is 4.71. The smallest absolute Gasteiger partial charge is 0.266 e. The molecule has 0 saturated carbocycles. The quantitative estimate of drug-likeness (QED) is 0.595. The summed E-state index contributed by atoms with van der Waals surface area (Å²) < 4.78 is 16.1. The van der Waals surface area contributed by atoms with Crippen molar-refractivity contribution in [1.82, 2.24) is 10.3 Å². The van der Waals surface area contributed by atoms with Gasteiger partial charge in [0.05, 0.1) is 6.61 Å². The Morgan fingerprint density at radius 1 is 1.17 bits per heavy atom. The zero-order valence-corrected chi connectivity index (χ0v) is 17.4. The number of anilines is 1. The van der Waals surface area contributed by atoms with Crippen molar-refractivity contribution in [3.05, 3.63) is 52.5 Å². The van der Waals surface area contributed by atoms with Crippen LogP contribution in [0.5, 0.6) is 11.5 Å². The van der Waals surface area contributed by atoms with Gasteiger partial charge in [-0.15, -0.1) is 0 Å². The number of halogens is 1. The number of nitrogens with zero attached hydrogens (tertiary/aromatic N) is 2. The summed E-state index contributed by atoms with van der Waals surface area (Å²) in [7, 11) is 0. The lowest BCUT2D eigenvalue weighted by molar-refractivity contribution is -0.122. The van der Waals surface area contributed by atoms with Crippen LogP contribution in [0.1, 0.15) is 25.0 Å². The Morgan fingerprint density at radius 3 is 2.66 bits per heavy atom. The van der Waals surface area contributed by atoms with Crippen LogP contribution in [0.2, 0.25) is 5.02 Å². The molecule has 0 aliphatic carbocycles. The lowest BCUT2D eigenvalue weighted by Crippen LogP contribution is -2.30. The summed E-state index contributed by atoms with van der Waals surface area (Å²) in [6.07, 6.45) is -0.762. The highest BCUT2D eigenvalue weighted by atomic mass is 35.5. The predicted octanol–water partition coefficient (Wildman–Crippen LogP) is 4.81. The van der Waals surface area contributed by atoms with Crippen LogP contribution < -0.4 is 14.8 Å². The van der Waals surface area contributed by atoms with Gasteiger partial charge in [-0.05, 0) is 85.5 Å². The largest absolute Gasteiger partial charge is 0.494 e. The molecular weight excluding hydrogens is 394 g/mol. The van der Waals surface area contributed by atoms with Crippen LogP contribution in [-0.4, -0.2) is 28.9 Å². The minimum absolute atomic E-state index is 0.223. The van der Waals surface area contributed by atoms with E-state index in [1.165, 1.54) is 0 Å². The van der Waals surface area contributed by atoms with E-state index in [1.54, 1.807) is 25.1 Å². The molecule has 1 atom stereocenters. The normalized spacial score (nSPS) is 11.8. The molecule has 1 aromatic heterocycles. The number of aromatic nitrogens is 2. The summed E-state index contributed by atoms with van der Waals surface area (Å²) >= 11 is 6.02. The Labute approximate surface area is 173 Å². The second-order valence-electron chi connectivity index (χ2n) is 6.54. The zero-order valence-electron chi connectivity index (χ0n) is 16.7. The summed E-state index contributed by atoms with van der Waals surface area (Å²) in [4.78, 5) is 12.6. The highest BCUT2D eigenvalue weighted by Crippen LogP contribution is 2.29. The number of hydrogen-bond donors (Lipinski definition) is 1. The van der Waals surface area contributed by atoms with Crippen molar-refractivity contribution in [2.24, 2.45) is 0 Å². The molecule has 0 saturated heterocycles. The molecule has 0 unspecified atom stereocenters. The molecule has 3 rings (SSSR count). The van der Waals surface area contributed by atoms with Crippen molar-refractivity contribution < 1.29 is 18.9 Å². The third kappa shape index (κ3) is 4.86. The number of ether oxygens (including phenoxy) is 2. The fourth-order valence-electron chi connectivity index (χ4n) is 2.74. The average Bonchev–Trinajstić information content (AvgIpc) is 3.14. The number of carbonyl (C=O) groups excluding carboxylic acids is 1. The van der Waals surface area contributed by atoms with Crippen LogP contribution in [0.4, 0.5) is 5.82 Å². The first-order valence-electron chi connectivity index (χ1n) is 9.19. The summed E-state index contributed by atoms with van der Waals surface area (Å²) in [6, 6.07) is 10.8. The van der Waals surface area contributed by atoms with Gasteiger partial charge >= 0.3 is 0 Å². The van der Waals surface area contributed by atoms with Gasteiger partial charge in [-0.3, -0.25) is 4.79 Å². The maximum absolute atomic E-state index is 12.6. The Bertz CT molecular complexity index is 1020. The van der Waals surface area contributed by atoms with Crippen molar-refractivity contribution in [3.63, 3.8) is 0 Å². The van der Waals surface area contributed by atoms with Gasteiger partial charge in [0.15, 0.2) is 11.8 Å². The topological polar surface area (TPSA) is 86.5 Å². The maximum Gasteiger partial charge on any atom is 0.266 e. The molecule has 1 amide bonds. The van der Waals surface area contributed by atoms with Crippen LogP contribution in [0.25, 0.3) is 11.3 Å². The molecule has 152 valence electrons. The Balaban J connectivity index is 1.72. The molecule has 1 N–H and O–H groups in total. The maximum atomic E-state index is 12.6. The van der Waals surface area contributed by atoms with Gasteiger partial charge < -0.3 is 14.8 Å². The van der Waals surface area contributed by atoms with E-state index >= 15 is 0 Å². The SMILES string of the molecule is CCOc1ccc(-c2nonc2NC(=O)[C@@H](C)Oc2ccc(Cl)c(C)c2)cc1C. The van der Waals surface area contributed by atoms with E-state index < -0.39 is 6.10 Å². The minimum atomic E-state index is -0.762. The molecular formula is C21H22ClN3O4. The number of amides is 1. The Kier molecular flexibility index (Phi) is 6.39. The molecule has 0 aliphatic heterocycles. The van der Waals surface area contributed by atoms with E-state index in [2.05, 4.69) is 15.6 Å². The standard InChI is InChI=1S/C21H22ClN3O4/c1-5-27-18-9-6-15(10-13(18)3)19-20(25-29-24-19)23-21(26)14(4)28-16-7-8-17(22)12(2)11-16/h6-11,14H,5H2,1-4H3,(H,23,25,26)/t14-/m1/s1. The van der Waals surface area contributed by atoms with Crippen LogP contribution >= 0.6 is 11.6 Å². The van der Waals surface area contributed by atoms with Crippen molar-refractivity contribution in [1.29, 1.82) is 0 Å². The van der Waals surface area contributed by atoms with E-state index in [1.807, 2.05) is 39.0 Å². The number of carbonyl (C=O) groups is 1. The monoisotopic (exact) mass is 415 g/mol. The molecule has 3 aromatic rings. The fourth-order valence-corrected chi connectivity index (χ4v) is 2.86. The summed E-state index contributed by atoms with van der Waals surface area (Å²) in [5.74, 6) is 1.19. The summed E-state index contributed by atoms with van der Waals surface area (Å²) in [5.41, 5.74) is 2.99. The van der Waals surface area contributed by atoms with Crippen LogP contribution in [-0.2, 0) is 4.79 Å². The van der Waals surface area contributed by atoms with E-state index in [0.29, 0.717) is 23.1 Å². The summed E-state index contributed by atoms with van der Waals surface area (Å²) in [6.45, 7) is 7.96. The van der Waals surface area contributed by atoms with Crippen molar-refractivity contribution in [2.75, 3.05) is 11.9 Å². The minimum Gasteiger partial charge on any atom is -0.494 e. The first-order valence-corrected chi connectivity index (χ1v) is 9.57. The lowest BCUT2D eigenvalue weighted by atomic mass is 10.1. The van der Waals surface area contributed by atoms with Gasteiger partial charge in [0.25, 0.3) is 5.91 Å². The average molecular weight is 416 g/mol. The Morgan fingerprint density at radius 2 is 1.97 bits per heavy atom. The van der Waals surface area contributed by atoms with Crippen molar-refractivity contribution in [3.8, 4) is 22.8 Å². The number of benzene rings is 2. The Hall–Kier alpha value is -3.06. The molecule has 0 fully saturated rings. The molecule has 7 nitrogen and oxygen atoms in total. The highest BCUT2D eigenvalue weighted by Gasteiger charge is 2.21. The van der Waals surface area contributed by atoms with Gasteiger partial charge in [-0.1, -0.05) is 11.6 Å².